The molecule has 2 rings (SSSR count). The minimum atomic E-state index is -0.356. The molecular formula is C15H18N4O3. The summed E-state index contributed by atoms with van der Waals surface area (Å²) >= 11 is 0. The van der Waals surface area contributed by atoms with Crippen molar-refractivity contribution in [3.05, 3.63) is 36.0 Å². The summed E-state index contributed by atoms with van der Waals surface area (Å²) in [5.41, 5.74) is 1.78. The lowest BCUT2D eigenvalue weighted by atomic mass is 10.1. The van der Waals surface area contributed by atoms with Crippen LogP contribution in [0.2, 0.25) is 0 Å². The number of benzene rings is 1. The molecule has 1 aromatic carbocycles. The maximum Gasteiger partial charge on any atom is 0.255 e. The molecule has 0 fully saturated rings. The summed E-state index contributed by atoms with van der Waals surface area (Å²) in [6, 6.07) is 7.25. The number of ether oxygens (including phenoxy) is 1. The summed E-state index contributed by atoms with van der Waals surface area (Å²) in [6.07, 6.45) is 1.44. The van der Waals surface area contributed by atoms with E-state index < -0.39 is 0 Å². The fourth-order valence-electron chi connectivity index (χ4n) is 1.95. The number of carbonyl (C=O) groups is 2. The summed E-state index contributed by atoms with van der Waals surface area (Å²) in [7, 11) is 1.59. The molecule has 3 N–H and O–H groups in total. The van der Waals surface area contributed by atoms with Crippen LogP contribution in [-0.4, -0.2) is 42.2 Å². The number of carbonyl (C=O) groups excluding carboxylic acids is 2. The summed E-state index contributed by atoms with van der Waals surface area (Å²) in [4.78, 5) is 23.5. The zero-order valence-corrected chi connectivity index (χ0v) is 12.5. The summed E-state index contributed by atoms with van der Waals surface area (Å²) in [6.45, 7) is 2.27. The van der Waals surface area contributed by atoms with Gasteiger partial charge in [0.25, 0.3) is 5.91 Å². The monoisotopic (exact) mass is 302 g/mol. The number of amides is 2. The van der Waals surface area contributed by atoms with Crippen molar-refractivity contribution >= 4 is 11.8 Å². The zero-order chi connectivity index (χ0) is 15.9. The van der Waals surface area contributed by atoms with E-state index in [9.17, 15) is 9.59 Å². The van der Waals surface area contributed by atoms with Gasteiger partial charge < -0.3 is 15.4 Å². The summed E-state index contributed by atoms with van der Waals surface area (Å²) in [5.74, 6) is 0.140. The number of methoxy groups -OCH3 is 1. The van der Waals surface area contributed by atoms with E-state index >= 15 is 0 Å². The highest BCUT2D eigenvalue weighted by atomic mass is 16.5. The maximum absolute atomic E-state index is 12.2. The van der Waals surface area contributed by atoms with Gasteiger partial charge in [-0.15, -0.1) is 0 Å². The van der Waals surface area contributed by atoms with Crippen molar-refractivity contribution in [3.8, 4) is 17.0 Å². The van der Waals surface area contributed by atoms with Crippen LogP contribution in [0.3, 0.4) is 0 Å². The second-order valence-electron chi connectivity index (χ2n) is 4.52. The third-order valence-corrected chi connectivity index (χ3v) is 3.05. The van der Waals surface area contributed by atoms with E-state index in [-0.39, 0.29) is 18.4 Å². The van der Waals surface area contributed by atoms with Crippen molar-refractivity contribution in [1.29, 1.82) is 0 Å². The van der Waals surface area contributed by atoms with Crippen LogP contribution < -0.4 is 15.4 Å². The quantitative estimate of drug-likeness (QED) is 0.740. The molecule has 0 atom stereocenters. The average molecular weight is 302 g/mol. The Hall–Kier alpha value is -2.83. The lowest BCUT2D eigenvalue weighted by Gasteiger charge is -2.06. The molecule has 1 aromatic heterocycles. The molecule has 0 unspecified atom stereocenters. The first-order chi connectivity index (χ1) is 10.7. The number of nitrogens with one attached hydrogen (secondary N) is 3. The first-order valence-electron chi connectivity index (χ1n) is 6.88. The molecule has 0 aliphatic heterocycles. The number of rotatable bonds is 6. The Labute approximate surface area is 128 Å². The van der Waals surface area contributed by atoms with Gasteiger partial charge in [0, 0.05) is 12.1 Å². The van der Waals surface area contributed by atoms with Gasteiger partial charge in [0.15, 0.2) is 0 Å². The number of aromatic nitrogens is 2. The van der Waals surface area contributed by atoms with Gasteiger partial charge in [-0.3, -0.25) is 14.7 Å². The smallest absolute Gasteiger partial charge is 0.255 e. The fourth-order valence-corrected chi connectivity index (χ4v) is 1.95. The highest BCUT2D eigenvalue weighted by Gasteiger charge is 2.15. The largest absolute Gasteiger partial charge is 0.497 e. The minimum absolute atomic E-state index is 0.0695. The topological polar surface area (TPSA) is 96.1 Å². The molecule has 1 heterocycles. The number of hydrogen-bond donors (Lipinski definition) is 3. The highest BCUT2D eigenvalue weighted by Crippen LogP contribution is 2.23. The number of nitrogens with zero attached hydrogens (tertiary/aromatic N) is 1. The van der Waals surface area contributed by atoms with Gasteiger partial charge in [-0.05, 0) is 31.2 Å². The van der Waals surface area contributed by atoms with Gasteiger partial charge in [0.1, 0.15) is 5.75 Å². The second-order valence-corrected chi connectivity index (χ2v) is 4.52. The van der Waals surface area contributed by atoms with Crippen LogP contribution >= 0.6 is 0 Å². The Morgan fingerprint density at radius 1 is 1.23 bits per heavy atom. The Morgan fingerprint density at radius 3 is 2.59 bits per heavy atom. The molecule has 0 saturated carbocycles. The molecule has 2 amide bonds. The van der Waals surface area contributed by atoms with Crippen LogP contribution in [-0.2, 0) is 4.79 Å². The first-order valence-corrected chi connectivity index (χ1v) is 6.88. The molecule has 0 aliphatic carbocycles. The minimum Gasteiger partial charge on any atom is -0.497 e. The van der Waals surface area contributed by atoms with E-state index in [0.29, 0.717) is 17.8 Å². The van der Waals surface area contributed by atoms with Crippen molar-refractivity contribution in [1.82, 2.24) is 20.8 Å². The van der Waals surface area contributed by atoms with Crippen LogP contribution in [0.4, 0.5) is 0 Å². The van der Waals surface area contributed by atoms with Crippen LogP contribution in [0.15, 0.2) is 30.5 Å². The van der Waals surface area contributed by atoms with E-state index in [4.69, 9.17) is 4.74 Å². The molecule has 0 radical (unpaired) electrons. The Bertz CT molecular complexity index is 649. The average Bonchev–Trinajstić information content (AvgIpc) is 3.02. The molecule has 22 heavy (non-hydrogen) atoms. The number of hydrogen-bond acceptors (Lipinski definition) is 4. The predicted octanol–water partition coefficient (Wildman–Crippen LogP) is 0.951. The lowest BCUT2D eigenvalue weighted by molar-refractivity contribution is -0.120. The molecule has 7 nitrogen and oxygen atoms in total. The summed E-state index contributed by atoms with van der Waals surface area (Å²) in [5, 5.41) is 11.9. The third-order valence-electron chi connectivity index (χ3n) is 3.05. The van der Waals surface area contributed by atoms with E-state index in [0.717, 1.165) is 11.3 Å². The molecule has 0 spiro atoms. The molecule has 2 aromatic rings. The van der Waals surface area contributed by atoms with Crippen molar-refractivity contribution in [3.63, 3.8) is 0 Å². The van der Waals surface area contributed by atoms with Crippen LogP contribution in [0.5, 0.6) is 5.75 Å². The van der Waals surface area contributed by atoms with Crippen LogP contribution in [0.25, 0.3) is 11.3 Å². The Morgan fingerprint density at radius 2 is 1.95 bits per heavy atom. The van der Waals surface area contributed by atoms with Crippen molar-refractivity contribution < 1.29 is 14.3 Å². The highest BCUT2D eigenvalue weighted by molar-refractivity contribution is 6.01. The SMILES string of the molecule is CCNC(=O)CNC(=O)c1cn[nH]c1-c1ccc(OC)cc1. The molecule has 0 aliphatic rings. The normalized spacial score (nSPS) is 10.1. The van der Waals surface area contributed by atoms with Crippen LogP contribution in [0, 0.1) is 0 Å². The van der Waals surface area contributed by atoms with Crippen molar-refractivity contribution in [2.45, 2.75) is 6.92 Å². The van der Waals surface area contributed by atoms with E-state index in [1.54, 1.807) is 19.2 Å². The molecular weight excluding hydrogens is 284 g/mol. The molecule has 0 saturated heterocycles. The third kappa shape index (κ3) is 3.63. The Balaban J connectivity index is 2.11. The van der Waals surface area contributed by atoms with E-state index in [1.807, 2.05) is 19.1 Å². The van der Waals surface area contributed by atoms with Crippen LogP contribution in [0.1, 0.15) is 17.3 Å². The van der Waals surface area contributed by atoms with Gasteiger partial charge in [0.2, 0.25) is 5.91 Å². The van der Waals surface area contributed by atoms with Gasteiger partial charge in [-0.25, -0.2) is 0 Å². The lowest BCUT2D eigenvalue weighted by Crippen LogP contribution is -2.36. The standard InChI is InChI=1S/C15H18N4O3/c1-3-16-13(20)9-17-15(21)12-8-18-19-14(12)10-4-6-11(22-2)7-5-10/h4-8H,3,9H2,1-2H3,(H,16,20)(H,17,21)(H,18,19). The van der Waals surface area contributed by atoms with Gasteiger partial charge in [-0.2, -0.15) is 5.10 Å². The summed E-state index contributed by atoms with van der Waals surface area (Å²) < 4.78 is 5.10. The van der Waals surface area contributed by atoms with E-state index in [2.05, 4.69) is 20.8 Å². The number of H-pyrrole nitrogens is 1. The van der Waals surface area contributed by atoms with E-state index in [1.165, 1.54) is 6.20 Å². The van der Waals surface area contributed by atoms with Crippen molar-refractivity contribution in [2.24, 2.45) is 0 Å². The molecule has 116 valence electrons. The number of likely N-dealkylation sites (N-methyl/N-ethyl adjacent to an activating group) is 1. The van der Waals surface area contributed by atoms with Crippen molar-refractivity contribution in [2.75, 3.05) is 20.2 Å². The fraction of sp³-hybridized carbons (Fsp3) is 0.267. The number of aromatic amines is 1. The van der Waals surface area contributed by atoms with Gasteiger partial charge >= 0.3 is 0 Å². The maximum atomic E-state index is 12.2. The van der Waals surface area contributed by atoms with Gasteiger partial charge in [0.05, 0.1) is 31.1 Å². The molecule has 0 bridgehead atoms. The van der Waals surface area contributed by atoms with Gasteiger partial charge in [-0.1, -0.05) is 0 Å². The molecule has 7 heteroatoms. The predicted molar refractivity (Wildman–Crippen MR) is 81.6 cm³/mol. The first kappa shape index (κ1) is 15.6. The zero-order valence-electron chi connectivity index (χ0n) is 12.5. The Kier molecular flexibility index (Phi) is 5.13. The second kappa shape index (κ2) is 7.26.